The number of hydrogen-bond donors (Lipinski definition) is 0. The van der Waals surface area contributed by atoms with E-state index in [1.165, 1.54) is 0 Å². The first-order valence-corrected chi connectivity index (χ1v) is 4.01. The zero-order valence-corrected chi connectivity index (χ0v) is 7.64. The molecule has 0 unspecified atom stereocenters. The Hall–Kier alpha value is -0.440. The fourth-order valence-corrected chi connectivity index (χ4v) is 1.28. The van der Waals surface area contributed by atoms with Crippen LogP contribution in [-0.4, -0.2) is 9.97 Å². The molecule has 0 aromatic carbocycles. The van der Waals surface area contributed by atoms with Crippen LogP contribution in [0.4, 0.5) is 0 Å². The van der Waals surface area contributed by atoms with E-state index in [-0.39, 0.29) is 0 Å². The molecule has 0 bridgehead atoms. The summed E-state index contributed by atoms with van der Waals surface area (Å²) in [7, 11) is 0. The van der Waals surface area contributed by atoms with Crippen LogP contribution in [-0.2, 0) is 6.42 Å². The number of halogens is 1. The van der Waals surface area contributed by atoms with Crippen molar-refractivity contribution in [2.45, 2.75) is 20.3 Å². The van der Waals surface area contributed by atoms with Gasteiger partial charge in [0.25, 0.3) is 0 Å². The Morgan fingerprint density at radius 2 is 2.20 bits per heavy atom. The minimum atomic E-state index is 0.685. The van der Waals surface area contributed by atoms with Gasteiger partial charge in [-0.1, -0.05) is 6.92 Å². The Bertz CT molecular complexity index is 215. The van der Waals surface area contributed by atoms with Crippen molar-refractivity contribution in [3.8, 4) is 0 Å². The van der Waals surface area contributed by atoms with Gasteiger partial charge in [-0.15, -0.1) is 0 Å². The van der Waals surface area contributed by atoms with Gasteiger partial charge in [0.2, 0.25) is 0 Å². The van der Waals surface area contributed by atoms with Crippen LogP contribution in [0, 0.1) is 6.92 Å². The van der Waals surface area contributed by atoms with Crippen LogP contribution >= 0.6 is 15.9 Å². The molecule has 0 aliphatic carbocycles. The lowest BCUT2D eigenvalue weighted by Crippen LogP contribution is -1.92. The van der Waals surface area contributed by atoms with E-state index < -0.39 is 0 Å². The number of hydrogen-bond acceptors (Lipinski definition) is 2. The van der Waals surface area contributed by atoms with Crippen molar-refractivity contribution >= 4 is 15.9 Å². The summed E-state index contributed by atoms with van der Waals surface area (Å²) in [5, 5.41) is 0. The zero-order valence-electron chi connectivity index (χ0n) is 6.06. The number of nitrogens with zero attached hydrogens (tertiary/aromatic N) is 2. The van der Waals surface area contributed by atoms with Gasteiger partial charge in [0.05, 0.1) is 0 Å². The molecule has 1 rings (SSSR count). The predicted molar refractivity (Wildman–Crippen MR) is 43.8 cm³/mol. The average molecular weight is 201 g/mol. The Morgan fingerprint density at radius 3 is 2.70 bits per heavy atom. The highest BCUT2D eigenvalue weighted by molar-refractivity contribution is 9.10. The summed E-state index contributed by atoms with van der Waals surface area (Å²) in [5.41, 5.74) is 2.10. The van der Waals surface area contributed by atoms with Gasteiger partial charge in [-0.25, -0.2) is 9.97 Å². The van der Waals surface area contributed by atoms with Gasteiger partial charge >= 0.3 is 0 Å². The highest BCUT2D eigenvalue weighted by Crippen LogP contribution is 2.05. The van der Waals surface area contributed by atoms with Crippen molar-refractivity contribution in [2.75, 3.05) is 0 Å². The van der Waals surface area contributed by atoms with Crippen LogP contribution in [0.25, 0.3) is 0 Å². The molecule has 0 saturated heterocycles. The normalized spacial score (nSPS) is 9.90. The molecule has 0 saturated carbocycles. The van der Waals surface area contributed by atoms with E-state index in [0.29, 0.717) is 4.73 Å². The van der Waals surface area contributed by atoms with Crippen LogP contribution in [0.1, 0.15) is 18.3 Å². The van der Waals surface area contributed by atoms with Crippen LogP contribution in [0.5, 0.6) is 0 Å². The molecule has 0 N–H and O–H groups in total. The summed E-state index contributed by atoms with van der Waals surface area (Å²) in [6.45, 7) is 4.04. The summed E-state index contributed by atoms with van der Waals surface area (Å²) in [4.78, 5) is 8.25. The fourth-order valence-electron chi connectivity index (χ4n) is 0.776. The third-order valence-corrected chi connectivity index (χ3v) is 1.60. The second-order valence-corrected chi connectivity index (χ2v) is 2.83. The largest absolute Gasteiger partial charge is 0.228 e. The molecule has 0 amide bonds. The van der Waals surface area contributed by atoms with Gasteiger partial charge in [-0.3, -0.25) is 0 Å². The Morgan fingerprint density at radius 1 is 1.50 bits per heavy atom. The summed E-state index contributed by atoms with van der Waals surface area (Å²) >= 11 is 3.23. The molecule has 3 heteroatoms. The quantitative estimate of drug-likeness (QED) is 0.650. The molecule has 0 radical (unpaired) electrons. The van der Waals surface area contributed by atoms with Gasteiger partial charge in [-0.2, -0.15) is 0 Å². The molecule has 0 atom stereocenters. The molecule has 1 aromatic rings. The molecule has 0 aliphatic rings. The minimum Gasteiger partial charge on any atom is -0.228 e. The predicted octanol–water partition coefficient (Wildman–Crippen LogP) is 2.11. The van der Waals surface area contributed by atoms with Crippen molar-refractivity contribution in [3.63, 3.8) is 0 Å². The van der Waals surface area contributed by atoms with E-state index >= 15 is 0 Å². The van der Waals surface area contributed by atoms with Gasteiger partial charge in [0, 0.05) is 11.4 Å². The summed E-state index contributed by atoms with van der Waals surface area (Å²) < 4.78 is 0.685. The van der Waals surface area contributed by atoms with Gasteiger partial charge in [0.15, 0.2) is 4.73 Å². The lowest BCUT2D eigenvalue weighted by molar-refractivity contribution is 0.949. The van der Waals surface area contributed by atoms with Crippen LogP contribution in [0.2, 0.25) is 0 Å². The van der Waals surface area contributed by atoms with E-state index in [2.05, 4.69) is 32.8 Å². The van der Waals surface area contributed by atoms with Crippen LogP contribution < -0.4 is 0 Å². The van der Waals surface area contributed by atoms with Crippen LogP contribution in [0.3, 0.4) is 0 Å². The second-order valence-electron chi connectivity index (χ2n) is 2.12. The maximum absolute atomic E-state index is 4.16. The van der Waals surface area contributed by atoms with Gasteiger partial charge in [-0.05, 0) is 35.3 Å². The third-order valence-electron chi connectivity index (χ3n) is 1.24. The minimum absolute atomic E-state index is 0.685. The number of aromatic nitrogens is 2. The number of rotatable bonds is 1. The lowest BCUT2D eigenvalue weighted by atomic mass is 10.3. The molecule has 2 nitrogen and oxygen atoms in total. The highest BCUT2D eigenvalue weighted by Gasteiger charge is 1.95. The average Bonchev–Trinajstić information content (AvgIpc) is 1.85. The SMILES string of the molecule is CCc1cc(C)nc(Br)n1. The van der Waals surface area contributed by atoms with E-state index in [0.717, 1.165) is 17.8 Å². The fraction of sp³-hybridized carbons (Fsp3) is 0.429. The second kappa shape index (κ2) is 3.10. The van der Waals surface area contributed by atoms with Crippen molar-refractivity contribution in [1.29, 1.82) is 0 Å². The molecule has 0 spiro atoms. The first-order chi connectivity index (χ1) is 4.72. The summed E-state index contributed by atoms with van der Waals surface area (Å²) in [5.74, 6) is 0. The third kappa shape index (κ3) is 1.77. The van der Waals surface area contributed by atoms with E-state index in [9.17, 15) is 0 Å². The van der Waals surface area contributed by atoms with Crippen molar-refractivity contribution in [1.82, 2.24) is 9.97 Å². The maximum Gasteiger partial charge on any atom is 0.197 e. The Labute approximate surface area is 68.8 Å². The molecule has 54 valence electrons. The lowest BCUT2D eigenvalue weighted by Gasteiger charge is -1.97. The summed E-state index contributed by atoms with van der Waals surface area (Å²) in [6, 6.07) is 1.99. The van der Waals surface area contributed by atoms with Crippen molar-refractivity contribution in [2.24, 2.45) is 0 Å². The van der Waals surface area contributed by atoms with Crippen molar-refractivity contribution in [3.05, 3.63) is 22.2 Å². The topological polar surface area (TPSA) is 25.8 Å². The van der Waals surface area contributed by atoms with Crippen LogP contribution in [0.15, 0.2) is 10.8 Å². The Kier molecular flexibility index (Phi) is 2.38. The van der Waals surface area contributed by atoms with E-state index in [1.54, 1.807) is 0 Å². The molecule has 0 aliphatic heterocycles. The Balaban J connectivity index is 3.06. The van der Waals surface area contributed by atoms with Gasteiger partial charge < -0.3 is 0 Å². The highest BCUT2D eigenvalue weighted by atomic mass is 79.9. The molecule has 1 aromatic heterocycles. The molecule has 1 heterocycles. The first kappa shape index (κ1) is 7.66. The van der Waals surface area contributed by atoms with E-state index in [4.69, 9.17) is 0 Å². The monoisotopic (exact) mass is 200 g/mol. The first-order valence-electron chi connectivity index (χ1n) is 3.22. The van der Waals surface area contributed by atoms with E-state index in [1.807, 2.05) is 13.0 Å². The zero-order chi connectivity index (χ0) is 7.56. The van der Waals surface area contributed by atoms with Crippen molar-refractivity contribution < 1.29 is 0 Å². The standard InChI is InChI=1S/C7H9BrN2/c1-3-6-4-5(2)9-7(8)10-6/h4H,3H2,1-2H3. The summed E-state index contributed by atoms with van der Waals surface area (Å²) in [6.07, 6.45) is 0.960. The molecular weight excluding hydrogens is 192 g/mol. The molecular formula is C7H9BrN2. The van der Waals surface area contributed by atoms with Gasteiger partial charge in [0.1, 0.15) is 0 Å². The number of aryl methyl sites for hydroxylation is 2. The maximum atomic E-state index is 4.16. The molecule has 10 heavy (non-hydrogen) atoms. The molecule has 0 fully saturated rings. The smallest absolute Gasteiger partial charge is 0.197 e.